The maximum atomic E-state index is 12.9. The molecule has 6 aromatic rings. The summed E-state index contributed by atoms with van der Waals surface area (Å²) >= 11 is 0. The largest absolute Gasteiger partial charge is 1.00 e. The Morgan fingerprint density at radius 1 is 0.438 bits per heavy atom. The van der Waals surface area contributed by atoms with Gasteiger partial charge >= 0.3 is 71.1 Å². The molecule has 0 spiro atoms. The standard InChI is InChI=1S/2C30H30O9.2Na/c2*1-4-11-36-19-7-8-20-22(13-19)28(21-9-6-18(34-2)14-24(21)37-15-26(31)35-3)29(30(32)33)27(20)17-5-10-23-25(12-17)39-16-38-23;;/h2*5-10,12-14,27-29H,4,11,15-16H2,1-3H3,(H,32,33);;/q;;2*+1/p-2/t2*27-,28+,29+;;/m00../s1. The van der Waals surface area contributed by atoms with Crippen LogP contribution in [0.2, 0.25) is 0 Å². The molecule has 2 heterocycles. The minimum absolute atomic E-state index is 0. The van der Waals surface area contributed by atoms with Gasteiger partial charge in [0.15, 0.2) is 36.2 Å². The Morgan fingerprint density at radius 2 is 0.812 bits per heavy atom. The monoisotopic (exact) mass is 1110 g/mol. The third-order valence-electron chi connectivity index (χ3n) is 14.2. The van der Waals surface area contributed by atoms with E-state index in [4.69, 9.17) is 56.8 Å². The van der Waals surface area contributed by atoms with Crippen LogP contribution in [0.3, 0.4) is 0 Å². The summed E-state index contributed by atoms with van der Waals surface area (Å²) in [5, 5.41) is 25.9. The topological polar surface area (TPSA) is 225 Å². The minimum Gasteiger partial charge on any atom is -0.550 e. The number of methoxy groups -OCH3 is 4. The molecule has 0 radical (unpaired) electrons. The Bertz CT molecular complexity index is 2990. The molecular weight excluding hydrogens is 1050 g/mol. The van der Waals surface area contributed by atoms with Crippen LogP contribution < -0.4 is 117 Å². The summed E-state index contributed by atoms with van der Waals surface area (Å²) in [6.45, 7) is 4.59. The van der Waals surface area contributed by atoms with Gasteiger partial charge in [0.25, 0.3) is 0 Å². The van der Waals surface area contributed by atoms with Crippen LogP contribution in [0.1, 0.15) is 94.9 Å². The zero-order valence-corrected chi connectivity index (χ0v) is 49.9. The number of fused-ring (bicyclic) bond motifs is 4. The number of carboxylic acids is 2. The summed E-state index contributed by atoms with van der Waals surface area (Å²) in [6.07, 6.45) is 1.65. The van der Waals surface area contributed by atoms with E-state index in [1.165, 1.54) is 28.4 Å². The molecule has 20 heteroatoms. The summed E-state index contributed by atoms with van der Waals surface area (Å²) in [4.78, 5) is 49.7. The fourth-order valence-corrected chi connectivity index (χ4v) is 10.7. The van der Waals surface area contributed by atoms with E-state index in [1.54, 1.807) is 48.5 Å². The van der Waals surface area contributed by atoms with E-state index in [2.05, 4.69) is 0 Å². The van der Waals surface area contributed by atoms with Gasteiger partial charge in [-0.2, -0.15) is 0 Å². The van der Waals surface area contributed by atoms with Gasteiger partial charge in [0.2, 0.25) is 13.6 Å². The molecule has 0 N–H and O–H groups in total. The SMILES string of the molecule is CCCOc1ccc2c(c1)[C@@H](c1ccc(OC)cc1OCC(=O)OC)[C@H](C(=O)[O-])[C@H]2c1ccc2c(c1)OCO2.CCCOc1ccc2c(c1)[C@@H](c1ccc(OC)cc1OCC(=O)OC)[C@H](C(=O)[O-])[C@H]2c1ccc2c(c1)OCO2.[Na+].[Na+]. The number of carbonyl (C=O) groups is 4. The van der Waals surface area contributed by atoms with Crippen molar-refractivity contribution in [2.24, 2.45) is 11.8 Å². The Morgan fingerprint density at radius 3 is 1.18 bits per heavy atom. The van der Waals surface area contributed by atoms with Crippen LogP contribution in [0.25, 0.3) is 0 Å². The van der Waals surface area contributed by atoms with Crippen LogP contribution in [0, 0.1) is 11.8 Å². The minimum atomic E-state index is -1.22. The first kappa shape index (κ1) is 60.8. The van der Waals surface area contributed by atoms with Gasteiger partial charge in [0.1, 0.15) is 34.5 Å². The number of esters is 2. The van der Waals surface area contributed by atoms with Gasteiger partial charge in [-0.05, 0) is 107 Å². The maximum absolute atomic E-state index is 12.9. The molecule has 6 aromatic carbocycles. The summed E-state index contributed by atoms with van der Waals surface area (Å²) in [5.41, 5.74) is 5.85. The second-order valence-electron chi connectivity index (χ2n) is 18.6. The van der Waals surface area contributed by atoms with Crippen LogP contribution in [-0.4, -0.2) is 92.3 Å². The molecule has 10 rings (SSSR count). The zero-order valence-electron chi connectivity index (χ0n) is 45.9. The molecular formula is C60H58Na2O18. The fourth-order valence-electron chi connectivity index (χ4n) is 10.7. The number of aliphatic carboxylic acids is 2. The molecule has 0 bridgehead atoms. The van der Waals surface area contributed by atoms with Crippen molar-refractivity contribution in [1.82, 2.24) is 0 Å². The van der Waals surface area contributed by atoms with Crippen LogP contribution in [0.15, 0.2) is 109 Å². The molecule has 2 aliphatic carbocycles. The number of hydrogen-bond donors (Lipinski definition) is 0. The van der Waals surface area contributed by atoms with Gasteiger partial charge in [-0.15, -0.1) is 0 Å². The van der Waals surface area contributed by atoms with Crippen molar-refractivity contribution in [3.63, 3.8) is 0 Å². The van der Waals surface area contributed by atoms with Crippen molar-refractivity contribution in [3.8, 4) is 57.5 Å². The number of carbonyl (C=O) groups excluding carboxylic acids is 4. The van der Waals surface area contributed by atoms with Gasteiger partial charge in [0.05, 0.1) is 41.7 Å². The van der Waals surface area contributed by atoms with Crippen molar-refractivity contribution in [2.45, 2.75) is 50.4 Å². The molecule has 0 saturated heterocycles. The summed E-state index contributed by atoms with van der Waals surface area (Å²) in [6, 6.07) is 32.5. The first-order valence-corrected chi connectivity index (χ1v) is 25.4. The van der Waals surface area contributed by atoms with Crippen LogP contribution in [0.4, 0.5) is 0 Å². The summed E-state index contributed by atoms with van der Waals surface area (Å²) < 4.78 is 65.8. The Kier molecular flexibility index (Phi) is 21.0. The van der Waals surface area contributed by atoms with E-state index in [9.17, 15) is 29.4 Å². The molecule has 0 saturated carbocycles. The average molecular weight is 1110 g/mol. The number of benzene rings is 6. The van der Waals surface area contributed by atoms with Gasteiger partial charge in [-0.25, -0.2) is 9.59 Å². The normalized spacial score (nSPS) is 18.3. The predicted octanol–water partition coefficient (Wildman–Crippen LogP) is 0.824. The van der Waals surface area contributed by atoms with E-state index in [0.29, 0.717) is 81.8 Å². The third kappa shape index (κ3) is 12.9. The van der Waals surface area contributed by atoms with E-state index in [1.807, 2.05) is 74.5 Å². The predicted molar refractivity (Wildman–Crippen MR) is 275 cm³/mol. The van der Waals surface area contributed by atoms with Crippen molar-refractivity contribution in [1.29, 1.82) is 0 Å². The number of ether oxygens (including phenoxy) is 12. The Labute approximate surface area is 507 Å². The molecule has 2 aliphatic heterocycles. The van der Waals surface area contributed by atoms with E-state index in [0.717, 1.165) is 46.2 Å². The average Bonchev–Trinajstić information content (AvgIpc) is 4.29. The van der Waals surface area contributed by atoms with Crippen molar-refractivity contribution >= 4 is 23.9 Å². The second-order valence-corrected chi connectivity index (χ2v) is 18.6. The van der Waals surface area contributed by atoms with Crippen molar-refractivity contribution in [2.75, 3.05) is 68.5 Å². The first-order chi connectivity index (χ1) is 37.9. The summed E-state index contributed by atoms with van der Waals surface area (Å²) in [7, 11) is 5.57. The smallest absolute Gasteiger partial charge is 0.550 e. The molecule has 0 aromatic heterocycles. The molecule has 80 heavy (non-hydrogen) atoms. The molecule has 0 unspecified atom stereocenters. The van der Waals surface area contributed by atoms with Crippen LogP contribution in [0.5, 0.6) is 57.5 Å². The third-order valence-corrected chi connectivity index (χ3v) is 14.2. The number of carboxylic acid groups (broad SMARTS) is 2. The molecule has 4 aliphatic rings. The first-order valence-electron chi connectivity index (χ1n) is 25.4. The molecule has 6 atom stereocenters. The quantitative estimate of drug-likeness (QED) is 0.0762. The molecule has 18 nitrogen and oxygen atoms in total. The fraction of sp³-hybridized carbons (Fsp3) is 0.333. The van der Waals surface area contributed by atoms with Crippen LogP contribution in [-0.2, 0) is 28.7 Å². The molecule has 0 fully saturated rings. The number of rotatable bonds is 20. The van der Waals surface area contributed by atoms with E-state index < -0.39 is 59.4 Å². The summed E-state index contributed by atoms with van der Waals surface area (Å²) in [5.74, 6) is -2.83. The van der Waals surface area contributed by atoms with E-state index >= 15 is 0 Å². The van der Waals surface area contributed by atoms with Gasteiger partial charge < -0.3 is 76.6 Å². The number of hydrogen-bond acceptors (Lipinski definition) is 18. The Balaban J connectivity index is 0.000000225. The zero-order chi connectivity index (χ0) is 55.0. The molecule has 0 amide bonds. The maximum Gasteiger partial charge on any atom is 1.00 e. The molecule has 408 valence electrons. The van der Waals surface area contributed by atoms with Gasteiger partial charge in [0, 0.05) is 70.7 Å². The van der Waals surface area contributed by atoms with Gasteiger partial charge in [-0.3, -0.25) is 0 Å². The van der Waals surface area contributed by atoms with Gasteiger partial charge in [-0.1, -0.05) is 50.2 Å². The van der Waals surface area contributed by atoms with Crippen LogP contribution >= 0.6 is 0 Å². The van der Waals surface area contributed by atoms with Crippen molar-refractivity contribution in [3.05, 3.63) is 154 Å². The Hall–Kier alpha value is -6.80. The van der Waals surface area contributed by atoms with E-state index in [-0.39, 0.29) is 85.9 Å². The second kappa shape index (κ2) is 27.6. The van der Waals surface area contributed by atoms with Crippen molar-refractivity contribution < 1.29 is 145 Å².